The van der Waals surface area contributed by atoms with Crippen molar-refractivity contribution in [3.05, 3.63) is 70.9 Å². The van der Waals surface area contributed by atoms with E-state index in [0.717, 1.165) is 34.6 Å². The maximum atomic E-state index is 13.1. The SMILES string of the molecule is CC1(C)CC(=O)C2=C(C1)Nc1ccccc1N[C@@H]2c1ccc(C#N)cc1. The van der Waals surface area contributed by atoms with Crippen LogP contribution in [0.15, 0.2) is 59.8 Å². The molecule has 0 spiro atoms. The normalized spacial score (nSPS) is 20.8. The Morgan fingerprint density at radius 1 is 1.04 bits per heavy atom. The predicted octanol–water partition coefficient (Wildman–Crippen LogP) is 4.78. The lowest BCUT2D eigenvalue weighted by molar-refractivity contribution is -0.118. The number of nitrogens with zero attached hydrogens (tertiary/aromatic N) is 1. The van der Waals surface area contributed by atoms with Crippen molar-refractivity contribution < 1.29 is 4.79 Å². The largest absolute Gasteiger partial charge is 0.372 e. The van der Waals surface area contributed by atoms with E-state index in [0.29, 0.717) is 12.0 Å². The van der Waals surface area contributed by atoms with Gasteiger partial charge in [0, 0.05) is 17.7 Å². The third-order valence-corrected chi connectivity index (χ3v) is 5.09. The molecule has 0 saturated heterocycles. The third kappa shape index (κ3) is 2.86. The zero-order valence-corrected chi connectivity index (χ0v) is 15.0. The molecule has 2 N–H and O–H groups in total. The van der Waals surface area contributed by atoms with Crippen LogP contribution in [0.4, 0.5) is 11.4 Å². The van der Waals surface area contributed by atoms with Gasteiger partial charge in [0.05, 0.1) is 29.0 Å². The zero-order chi connectivity index (χ0) is 18.3. The molecule has 0 amide bonds. The highest BCUT2D eigenvalue weighted by molar-refractivity contribution is 6.01. The van der Waals surface area contributed by atoms with Crippen molar-refractivity contribution in [2.45, 2.75) is 32.7 Å². The van der Waals surface area contributed by atoms with E-state index in [1.54, 1.807) is 12.1 Å². The molecule has 2 aliphatic rings. The van der Waals surface area contributed by atoms with E-state index >= 15 is 0 Å². The first-order valence-corrected chi connectivity index (χ1v) is 8.86. The van der Waals surface area contributed by atoms with E-state index < -0.39 is 0 Å². The fraction of sp³-hybridized carbons (Fsp3) is 0.273. The average molecular weight is 343 g/mol. The molecule has 0 fully saturated rings. The highest BCUT2D eigenvalue weighted by Crippen LogP contribution is 2.45. The summed E-state index contributed by atoms with van der Waals surface area (Å²) < 4.78 is 0. The molecule has 0 radical (unpaired) electrons. The van der Waals surface area contributed by atoms with E-state index in [-0.39, 0.29) is 17.2 Å². The summed E-state index contributed by atoms with van der Waals surface area (Å²) in [6.07, 6.45) is 1.37. The van der Waals surface area contributed by atoms with Crippen LogP contribution >= 0.6 is 0 Å². The number of anilines is 2. The van der Waals surface area contributed by atoms with Crippen molar-refractivity contribution in [2.24, 2.45) is 5.41 Å². The summed E-state index contributed by atoms with van der Waals surface area (Å²) >= 11 is 0. The molecule has 26 heavy (non-hydrogen) atoms. The van der Waals surface area contributed by atoms with Crippen molar-refractivity contribution in [3.63, 3.8) is 0 Å². The molecule has 0 bridgehead atoms. The van der Waals surface area contributed by atoms with Gasteiger partial charge in [-0.15, -0.1) is 0 Å². The molecular weight excluding hydrogens is 322 g/mol. The van der Waals surface area contributed by atoms with Crippen LogP contribution in [0.5, 0.6) is 0 Å². The minimum Gasteiger partial charge on any atom is -0.372 e. The minimum absolute atomic E-state index is 0.0581. The molecule has 1 heterocycles. The fourth-order valence-electron chi connectivity index (χ4n) is 3.89. The van der Waals surface area contributed by atoms with Gasteiger partial charge in [-0.05, 0) is 41.7 Å². The molecule has 0 unspecified atom stereocenters. The molecule has 4 rings (SSSR count). The molecule has 0 aromatic heterocycles. The number of allylic oxidation sites excluding steroid dienone is 1. The number of Topliss-reactive ketones (excluding diaryl/α,β-unsaturated/α-hetero) is 1. The Morgan fingerprint density at radius 3 is 2.42 bits per heavy atom. The molecule has 4 heteroatoms. The van der Waals surface area contributed by atoms with Crippen molar-refractivity contribution in [3.8, 4) is 6.07 Å². The van der Waals surface area contributed by atoms with Gasteiger partial charge in [0.25, 0.3) is 0 Å². The number of benzene rings is 2. The van der Waals surface area contributed by atoms with Crippen molar-refractivity contribution in [1.29, 1.82) is 5.26 Å². The fourth-order valence-corrected chi connectivity index (χ4v) is 3.89. The first-order valence-electron chi connectivity index (χ1n) is 8.86. The van der Waals surface area contributed by atoms with E-state index in [1.807, 2.05) is 36.4 Å². The van der Waals surface area contributed by atoms with Crippen molar-refractivity contribution >= 4 is 17.2 Å². The third-order valence-electron chi connectivity index (χ3n) is 5.09. The zero-order valence-electron chi connectivity index (χ0n) is 15.0. The van der Waals surface area contributed by atoms with E-state index in [4.69, 9.17) is 5.26 Å². The summed E-state index contributed by atoms with van der Waals surface area (Å²) in [6, 6.07) is 17.4. The second-order valence-corrected chi connectivity index (χ2v) is 7.81. The Labute approximate surface area is 153 Å². The summed E-state index contributed by atoms with van der Waals surface area (Å²) in [7, 11) is 0. The van der Waals surface area contributed by atoms with Crippen LogP contribution in [0, 0.1) is 16.7 Å². The van der Waals surface area contributed by atoms with Gasteiger partial charge in [0.2, 0.25) is 0 Å². The van der Waals surface area contributed by atoms with Gasteiger partial charge in [0.1, 0.15) is 0 Å². The molecule has 1 aliphatic heterocycles. The van der Waals surface area contributed by atoms with E-state index in [1.165, 1.54) is 0 Å². The lowest BCUT2D eigenvalue weighted by Crippen LogP contribution is -2.31. The average Bonchev–Trinajstić information content (AvgIpc) is 2.77. The summed E-state index contributed by atoms with van der Waals surface area (Å²) in [5.74, 6) is 0.179. The standard InChI is InChI=1S/C22H21N3O/c1-22(2)11-18-20(19(26)12-22)21(15-9-7-14(13-23)8-10-15)25-17-6-4-3-5-16(17)24-18/h3-10,21,24-25H,11-12H2,1-2H3/t21-/m1/s1. The monoisotopic (exact) mass is 343 g/mol. The Balaban J connectivity index is 1.87. The van der Waals surface area contributed by atoms with Crippen LogP contribution < -0.4 is 10.6 Å². The lowest BCUT2D eigenvalue weighted by atomic mass is 9.73. The second-order valence-electron chi connectivity index (χ2n) is 7.81. The van der Waals surface area contributed by atoms with Gasteiger partial charge in [-0.2, -0.15) is 5.26 Å². The molecule has 130 valence electrons. The van der Waals surface area contributed by atoms with Crippen LogP contribution in [0.25, 0.3) is 0 Å². The highest BCUT2D eigenvalue weighted by atomic mass is 16.1. The number of nitrogens with one attached hydrogen (secondary N) is 2. The van der Waals surface area contributed by atoms with Crippen LogP contribution in [-0.4, -0.2) is 5.78 Å². The predicted molar refractivity (Wildman–Crippen MR) is 103 cm³/mol. The van der Waals surface area contributed by atoms with Crippen molar-refractivity contribution in [2.75, 3.05) is 10.6 Å². The highest BCUT2D eigenvalue weighted by Gasteiger charge is 2.38. The Morgan fingerprint density at radius 2 is 1.73 bits per heavy atom. The number of hydrogen-bond acceptors (Lipinski definition) is 4. The summed E-state index contributed by atoms with van der Waals surface area (Å²) in [6.45, 7) is 4.27. The molecular formula is C22H21N3O. The first kappa shape index (κ1) is 16.4. The number of fused-ring (bicyclic) bond motifs is 1. The number of para-hydroxylation sites is 2. The summed E-state index contributed by atoms with van der Waals surface area (Å²) in [4.78, 5) is 13.1. The Kier molecular flexibility index (Phi) is 3.81. The minimum atomic E-state index is -0.225. The van der Waals surface area contributed by atoms with Crippen LogP contribution in [0.1, 0.15) is 43.9 Å². The van der Waals surface area contributed by atoms with Gasteiger partial charge in [-0.1, -0.05) is 38.1 Å². The quantitative estimate of drug-likeness (QED) is 0.782. The Bertz CT molecular complexity index is 948. The number of carbonyl (C=O) groups is 1. The number of hydrogen-bond donors (Lipinski definition) is 2. The molecule has 0 saturated carbocycles. The summed E-state index contributed by atoms with van der Waals surface area (Å²) in [5.41, 5.74) is 5.32. The number of nitriles is 1. The van der Waals surface area contributed by atoms with E-state index in [2.05, 4.69) is 30.6 Å². The second kappa shape index (κ2) is 6.03. The smallest absolute Gasteiger partial charge is 0.163 e. The molecule has 1 atom stereocenters. The molecule has 2 aromatic rings. The number of carbonyl (C=O) groups excluding carboxylic acids is 1. The van der Waals surface area contributed by atoms with Gasteiger partial charge in [0.15, 0.2) is 5.78 Å². The lowest BCUT2D eigenvalue weighted by Gasteiger charge is -2.34. The maximum Gasteiger partial charge on any atom is 0.163 e. The van der Waals surface area contributed by atoms with Gasteiger partial charge >= 0.3 is 0 Å². The summed E-state index contributed by atoms with van der Waals surface area (Å²) in [5, 5.41) is 16.1. The van der Waals surface area contributed by atoms with E-state index in [9.17, 15) is 4.79 Å². The van der Waals surface area contributed by atoms with Crippen LogP contribution in [0.2, 0.25) is 0 Å². The number of ketones is 1. The van der Waals surface area contributed by atoms with Gasteiger partial charge in [-0.3, -0.25) is 4.79 Å². The molecule has 4 nitrogen and oxygen atoms in total. The molecule has 2 aromatic carbocycles. The Hall–Kier alpha value is -3.06. The van der Waals surface area contributed by atoms with Gasteiger partial charge in [-0.25, -0.2) is 0 Å². The van der Waals surface area contributed by atoms with Gasteiger partial charge < -0.3 is 10.6 Å². The number of rotatable bonds is 1. The van der Waals surface area contributed by atoms with Crippen molar-refractivity contribution in [1.82, 2.24) is 0 Å². The molecule has 1 aliphatic carbocycles. The van der Waals surface area contributed by atoms with Crippen LogP contribution in [-0.2, 0) is 4.79 Å². The topological polar surface area (TPSA) is 64.9 Å². The van der Waals surface area contributed by atoms with Crippen LogP contribution in [0.3, 0.4) is 0 Å². The first-order chi connectivity index (χ1) is 12.5. The maximum absolute atomic E-state index is 13.1.